The summed E-state index contributed by atoms with van der Waals surface area (Å²) < 4.78 is 15.1. The second-order valence-electron chi connectivity index (χ2n) is 6.49. The zero-order valence-corrected chi connectivity index (χ0v) is 15.3. The minimum absolute atomic E-state index is 0.164. The molecule has 1 N–H and O–H groups in total. The van der Waals surface area contributed by atoms with Gasteiger partial charge in [-0.3, -0.25) is 4.79 Å². The van der Waals surface area contributed by atoms with E-state index in [0.29, 0.717) is 12.1 Å². The van der Waals surface area contributed by atoms with E-state index in [1.165, 1.54) is 24.3 Å². The summed E-state index contributed by atoms with van der Waals surface area (Å²) in [5.74, 6) is 0.572. The number of aromatic nitrogens is 2. The average Bonchev–Trinajstić information content (AvgIpc) is 3.03. The molecular formula is C22H24FN3O. The lowest BCUT2D eigenvalue weighted by molar-refractivity contribution is 0.0953. The first-order chi connectivity index (χ1) is 13.2. The molecule has 0 aliphatic rings. The number of imidazole rings is 1. The second kappa shape index (κ2) is 9.12. The molecule has 0 aliphatic heterocycles. The molecular weight excluding hydrogens is 341 g/mol. The number of hydrogen-bond acceptors (Lipinski definition) is 2. The predicted octanol–water partition coefficient (Wildman–Crippen LogP) is 4.50. The number of nitrogens with zero attached hydrogens (tertiary/aromatic N) is 2. The van der Waals surface area contributed by atoms with Crippen LogP contribution in [0.15, 0.2) is 61.2 Å². The number of halogens is 1. The molecule has 0 radical (unpaired) electrons. The maximum Gasteiger partial charge on any atom is 0.251 e. The molecule has 140 valence electrons. The highest BCUT2D eigenvalue weighted by atomic mass is 19.1. The van der Waals surface area contributed by atoms with Crippen molar-refractivity contribution in [2.45, 2.75) is 32.2 Å². The topological polar surface area (TPSA) is 46.9 Å². The number of hydrogen-bond donors (Lipinski definition) is 1. The van der Waals surface area contributed by atoms with Crippen LogP contribution in [0.5, 0.6) is 0 Å². The fraction of sp³-hybridized carbons (Fsp3) is 0.273. The van der Waals surface area contributed by atoms with Crippen molar-refractivity contribution in [1.82, 2.24) is 14.9 Å². The van der Waals surface area contributed by atoms with E-state index in [0.717, 1.165) is 49.1 Å². The number of carbonyl (C=O) groups excluding carboxylic acids is 1. The number of nitrogens with one attached hydrogen (secondary N) is 1. The monoisotopic (exact) mass is 365 g/mol. The SMILES string of the molecule is C=CCn1c(CCCCCNC(=O)c2ccc(F)cc2)nc2ccccc21. The molecule has 0 saturated carbocycles. The largest absolute Gasteiger partial charge is 0.352 e. The molecule has 0 atom stereocenters. The lowest BCUT2D eigenvalue weighted by Crippen LogP contribution is -2.24. The minimum Gasteiger partial charge on any atom is -0.352 e. The van der Waals surface area contributed by atoms with E-state index in [2.05, 4.69) is 22.5 Å². The molecule has 0 fully saturated rings. The molecule has 0 aliphatic carbocycles. The van der Waals surface area contributed by atoms with E-state index in [-0.39, 0.29) is 11.7 Å². The van der Waals surface area contributed by atoms with Gasteiger partial charge < -0.3 is 9.88 Å². The van der Waals surface area contributed by atoms with Crippen molar-refractivity contribution in [3.63, 3.8) is 0 Å². The summed E-state index contributed by atoms with van der Waals surface area (Å²) in [6.07, 6.45) is 5.69. The summed E-state index contributed by atoms with van der Waals surface area (Å²) in [4.78, 5) is 16.7. The number of amides is 1. The van der Waals surface area contributed by atoms with Gasteiger partial charge in [0.2, 0.25) is 0 Å². The van der Waals surface area contributed by atoms with Crippen LogP contribution >= 0.6 is 0 Å². The first-order valence-electron chi connectivity index (χ1n) is 9.28. The number of rotatable bonds is 9. The highest BCUT2D eigenvalue weighted by Gasteiger charge is 2.09. The molecule has 1 aromatic heterocycles. The molecule has 1 amide bonds. The van der Waals surface area contributed by atoms with Gasteiger partial charge in [0, 0.05) is 25.1 Å². The van der Waals surface area contributed by atoms with E-state index in [1.807, 2.05) is 24.3 Å². The van der Waals surface area contributed by atoms with Gasteiger partial charge in [-0.05, 0) is 49.2 Å². The van der Waals surface area contributed by atoms with Gasteiger partial charge in [-0.15, -0.1) is 6.58 Å². The van der Waals surface area contributed by atoms with Crippen LogP contribution in [0.3, 0.4) is 0 Å². The Labute approximate surface area is 158 Å². The van der Waals surface area contributed by atoms with Crippen molar-refractivity contribution >= 4 is 16.9 Å². The Bertz CT molecular complexity index is 915. The Morgan fingerprint density at radius 3 is 2.67 bits per heavy atom. The van der Waals surface area contributed by atoms with Gasteiger partial charge in [-0.25, -0.2) is 9.37 Å². The van der Waals surface area contributed by atoms with Crippen LogP contribution < -0.4 is 5.32 Å². The number of allylic oxidation sites excluding steroid dienone is 1. The molecule has 0 bridgehead atoms. The van der Waals surface area contributed by atoms with Crippen LogP contribution in [-0.2, 0) is 13.0 Å². The first-order valence-corrected chi connectivity index (χ1v) is 9.28. The summed E-state index contributed by atoms with van der Waals surface area (Å²) in [6, 6.07) is 13.7. The Kier molecular flexibility index (Phi) is 6.36. The number of para-hydroxylation sites is 2. The van der Waals surface area contributed by atoms with Crippen molar-refractivity contribution in [2.75, 3.05) is 6.54 Å². The van der Waals surface area contributed by atoms with E-state index < -0.39 is 0 Å². The molecule has 0 unspecified atom stereocenters. The molecule has 1 heterocycles. The molecule has 3 aromatic rings. The summed E-state index contributed by atoms with van der Waals surface area (Å²) in [7, 11) is 0. The highest BCUT2D eigenvalue weighted by Crippen LogP contribution is 2.17. The second-order valence-corrected chi connectivity index (χ2v) is 6.49. The van der Waals surface area contributed by atoms with Crippen molar-refractivity contribution in [3.8, 4) is 0 Å². The average molecular weight is 365 g/mol. The van der Waals surface area contributed by atoms with Gasteiger partial charge >= 0.3 is 0 Å². The van der Waals surface area contributed by atoms with E-state index >= 15 is 0 Å². The Hall–Kier alpha value is -2.95. The van der Waals surface area contributed by atoms with Gasteiger partial charge in [0.05, 0.1) is 11.0 Å². The van der Waals surface area contributed by atoms with Crippen molar-refractivity contribution < 1.29 is 9.18 Å². The van der Waals surface area contributed by atoms with Crippen molar-refractivity contribution in [1.29, 1.82) is 0 Å². The predicted molar refractivity (Wildman–Crippen MR) is 106 cm³/mol. The number of benzene rings is 2. The third-order valence-corrected chi connectivity index (χ3v) is 4.51. The summed E-state index contributed by atoms with van der Waals surface area (Å²) in [5, 5.41) is 2.87. The number of aryl methyl sites for hydroxylation is 1. The van der Waals surface area contributed by atoms with Crippen molar-refractivity contribution in [2.24, 2.45) is 0 Å². The zero-order chi connectivity index (χ0) is 19.1. The van der Waals surface area contributed by atoms with E-state index in [9.17, 15) is 9.18 Å². The minimum atomic E-state index is -0.339. The van der Waals surface area contributed by atoms with Gasteiger partial charge in [-0.1, -0.05) is 24.6 Å². The van der Waals surface area contributed by atoms with Crippen molar-refractivity contribution in [3.05, 3.63) is 78.4 Å². The fourth-order valence-electron chi connectivity index (χ4n) is 3.14. The van der Waals surface area contributed by atoms with Crippen LogP contribution in [0.4, 0.5) is 4.39 Å². The normalized spacial score (nSPS) is 10.9. The number of fused-ring (bicyclic) bond motifs is 1. The number of unbranched alkanes of at least 4 members (excludes halogenated alkanes) is 2. The van der Waals surface area contributed by atoms with Crippen LogP contribution in [0.25, 0.3) is 11.0 Å². The van der Waals surface area contributed by atoms with Gasteiger partial charge in [0.15, 0.2) is 0 Å². The lowest BCUT2D eigenvalue weighted by atomic mass is 10.1. The number of carbonyl (C=O) groups is 1. The third-order valence-electron chi connectivity index (χ3n) is 4.51. The van der Waals surface area contributed by atoms with Gasteiger partial charge in [-0.2, -0.15) is 0 Å². The molecule has 0 spiro atoms. The van der Waals surface area contributed by atoms with Gasteiger partial charge in [0.25, 0.3) is 5.91 Å². The molecule has 3 rings (SSSR count). The fourth-order valence-corrected chi connectivity index (χ4v) is 3.14. The van der Waals surface area contributed by atoms with Crippen LogP contribution in [0.2, 0.25) is 0 Å². The molecule has 5 heteroatoms. The quantitative estimate of drug-likeness (QED) is 0.448. The first kappa shape index (κ1) is 18.8. The van der Waals surface area contributed by atoms with Crippen LogP contribution in [0, 0.1) is 5.82 Å². The van der Waals surface area contributed by atoms with E-state index in [1.54, 1.807) is 0 Å². The smallest absolute Gasteiger partial charge is 0.251 e. The Morgan fingerprint density at radius 2 is 1.89 bits per heavy atom. The van der Waals surface area contributed by atoms with Crippen LogP contribution in [-0.4, -0.2) is 22.0 Å². The molecule has 27 heavy (non-hydrogen) atoms. The highest BCUT2D eigenvalue weighted by molar-refractivity contribution is 5.94. The Morgan fingerprint density at radius 1 is 1.11 bits per heavy atom. The standard InChI is InChI=1S/C22H24FN3O/c1-2-16-26-20-9-6-5-8-19(20)25-21(26)10-4-3-7-15-24-22(27)17-11-13-18(23)14-12-17/h2,5-6,8-9,11-14H,1,3-4,7,10,15-16H2,(H,24,27). The maximum atomic E-state index is 12.9. The molecule has 0 saturated heterocycles. The summed E-state index contributed by atoms with van der Waals surface area (Å²) >= 11 is 0. The lowest BCUT2D eigenvalue weighted by Gasteiger charge is -2.07. The summed E-state index contributed by atoms with van der Waals surface area (Å²) in [5.41, 5.74) is 2.63. The maximum absolute atomic E-state index is 12.9. The van der Waals surface area contributed by atoms with E-state index in [4.69, 9.17) is 4.98 Å². The Balaban J connectivity index is 1.44. The molecule has 4 nitrogen and oxygen atoms in total. The van der Waals surface area contributed by atoms with Gasteiger partial charge in [0.1, 0.15) is 11.6 Å². The summed E-state index contributed by atoms with van der Waals surface area (Å²) in [6.45, 7) is 5.20. The van der Waals surface area contributed by atoms with Crippen LogP contribution in [0.1, 0.15) is 35.4 Å². The molecule has 2 aromatic carbocycles. The third kappa shape index (κ3) is 4.82. The zero-order valence-electron chi connectivity index (χ0n) is 15.3.